The van der Waals surface area contributed by atoms with E-state index in [0.29, 0.717) is 0 Å². The molecule has 0 amide bonds. The summed E-state index contributed by atoms with van der Waals surface area (Å²) in [5, 5.41) is 3.55. The Hall–Kier alpha value is -1.39. The maximum atomic E-state index is 4.68. The van der Waals surface area contributed by atoms with Gasteiger partial charge in [0.1, 0.15) is 5.82 Å². The maximum absolute atomic E-state index is 4.68. The predicted molar refractivity (Wildman–Crippen MR) is 87.4 cm³/mol. The summed E-state index contributed by atoms with van der Waals surface area (Å²) in [6.07, 6.45) is 2.62. The Kier molecular flexibility index (Phi) is 4.56. The molecule has 1 aliphatic rings. The molecule has 1 aromatic carbocycles. The molecule has 0 aliphatic heterocycles. The van der Waals surface area contributed by atoms with Crippen LogP contribution in [0.3, 0.4) is 0 Å². The van der Waals surface area contributed by atoms with Crippen LogP contribution in [0.1, 0.15) is 35.6 Å². The van der Waals surface area contributed by atoms with Crippen molar-refractivity contribution in [1.29, 1.82) is 0 Å². The zero-order valence-corrected chi connectivity index (χ0v) is 13.4. The van der Waals surface area contributed by atoms with Crippen LogP contribution in [0, 0.1) is 13.8 Å². The Morgan fingerprint density at radius 2 is 1.76 bits per heavy atom. The van der Waals surface area contributed by atoms with Crippen LogP contribution < -0.4 is 5.32 Å². The lowest BCUT2D eigenvalue weighted by molar-refractivity contribution is 0.673. The molecule has 0 atom stereocenters. The summed E-state index contributed by atoms with van der Waals surface area (Å²) in [4.78, 5) is 10.6. The smallest absolute Gasteiger partial charge is 0.139 e. The third-order valence-corrected chi connectivity index (χ3v) is 4.73. The first-order valence-corrected chi connectivity index (χ1v) is 8.45. The van der Waals surface area contributed by atoms with E-state index in [1.54, 1.807) is 11.8 Å². The lowest BCUT2D eigenvalue weighted by Gasteiger charge is -2.11. The highest BCUT2D eigenvalue weighted by Crippen LogP contribution is 2.23. The van der Waals surface area contributed by atoms with Crippen molar-refractivity contribution in [3.05, 3.63) is 53.1 Å². The molecule has 21 heavy (non-hydrogen) atoms. The predicted octanol–water partition coefficient (Wildman–Crippen LogP) is 3.64. The largest absolute Gasteiger partial charge is 0.310 e. The third-order valence-electron chi connectivity index (χ3n) is 3.72. The number of rotatable bonds is 6. The molecular formula is C17H21N3S. The fraction of sp³-hybridized carbons (Fsp3) is 0.412. The number of benzene rings is 1. The fourth-order valence-electron chi connectivity index (χ4n) is 2.33. The maximum Gasteiger partial charge on any atom is 0.139 e. The van der Waals surface area contributed by atoms with Crippen molar-refractivity contribution >= 4 is 11.8 Å². The number of nitrogens with zero attached hydrogens (tertiary/aromatic N) is 2. The van der Waals surface area contributed by atoms with Crippen LogP contribution in [0.15, 0.2) is 35.2 Å². The summed E-state index contributed by atoms with van der Waals surface area (Å²) < 4.78 is 0. The van der Waals surface area contributed by atoms with Crippen molar-refractivity contribution in [3.8, 4) is 0 Å². The van der Waals surface area contributed by atoms with Gasteiger partial charge >= 0.3 is 0 Å². The zero-order valence-electron chi connectivity index (χ0n) is 12.6. The second kappa shape index (κ2) is 6.58. The zero-order chi connectivity index (χ0) is 14.7. The second-order valence-corrected chi connectivity index (χ2v) is 6.59. The van der Waals surface area contributed by atoms with Gasteiger partial charge in [-0.25, -0.2) is 9.97 Å². The van der Waals surface area contributed by atoms with E-state index in [2.05, 4.69) is 53.4 Å². The van der Waals surface area contributed by atoms with Crippen molar-refractivity contribution in [2.45, 2.75) is 49.9 Å². The van der Waals surface area contributed by atoms with Crippen LogP contribution >= 0.6 is 11.8 Å². The van der Waals surface area contributed by atoms with Gasteiger partial charge in [0.2, 0.25) is 0 Å². The van der Waals surface area contributed by atoms with Crippen LogP contribution in [0.4, 0.5) is 0 Å². The Balaban J connectivity index is 1.65. The lowest BCUT2D eigenvalue weighted by Crippen LogP contribution is -2.18. The SMILES string of the molecule is Cc1nc(CSc2ccccc2)nc(C)c1CNC1CC1. The molecular weight excluding hydrogens is 278 g/mol. The summed E-state index contributed by atoms with van der Waals surface area (Å²) in [5.74, 6) is 1.75. The molecule has 3 rings (SSSR count). The van der Waals surface area contributed by atoms with Crippen molar-refractivity contribution in [3.63, 3.8) is 0 Å². The first-order chi connectivity index (χ1) is 10.2. The van der Waals surface area contributed by atoms with E-state index in [1.165, 1.54) is 23.3 Å². The second-order valence-electron chi connectivity index (χ2n) is 5.55. The highest BCUT2D eigenvalue weighted by molar-refractivity contribution is 7.98. The Bertz CT molecular complexity index is 586. The molecule has 4 heteroatoms. The van der Waals surface area contributed by atoms with Crippen molar-refractivity contribution in [1.82, 2.24) is 15.3 Å². The summed E-state index contributed by atoms with van der Waals surface area (Å²) in [6, 6.07) is 11.1. The highest BCUT2D eigenvalue weighted by atomic mass is 32.2. The minimum atomic E-state index is 0.720. The van der Waals surface area contributed by atoms with E-state index >= 15 is 0 Å². The van der Waals surface area contributed by atoms with Gasteiger partial charge in [-0.15, -0.1) is 11.8 Å². The molecule has 1 heterocycles. The van der Waals surface area contributed by atoms with Gasteiger partial charge in [0, 0.05) is 34.4 Å². The number of aromatic nitrogens is 2. The van der Waals surface area contributed by atoms with Crippen LogP contribution in [0.25, 0.3) is 0 Å². The van der Waals surface area contributed by atoms with Gasteiger partial charge in [-0.2, -0.15) is 0 Å². The van der Waals surface area contributed by atoms with Crippen LogP contribution in [-0.2, 0) is 12.3 Å². The topological polar surface area (TPSA) is 37.8 Å². The Morgan fingerprint density at radius 1 is 1.10 bits per heavy atom. The Morgan fingerprint density at radius 3 is 2.38 bits per heavy atom. The summed E-state index contributed by atoms with van der Waals surface area (Å²) in [5.41, 5.74) is 3.48. The molecule has 0 bridgehead atoms. The van der Waals surface area contributed by atoms with E-state index in [9.17, 15) is 0 Å². The van der Waals surface area contributed by atoms with Gasteiger partial charge in [-0.1, -0.05) is 18.2 Å². The van der Waals surface area contributed by atoms with E-state index in [0.717, 1.165) is 35.6 Å². The number of aryl methyl sites for hydroxylation is 2. The van der Waals surface area contributed by atoms with Gasteiger partial charge in [0.05, 0.1) is 5.75 Å². The molecule has 1 fully saturated rings. The van der Waals surface area contributed by atoms with Gasteiger partial charge in [-0.3, -0.25) is 0 Å². The molecule has 1 N–H and O–H groups in total. The minimum absolute atomic E-state index is 0.720. The molecule has 2 aromatic rings. The lowest BCUT2D eigenvalue weighted by atomic mass is 10.1. The first-order valence-electron chi connectivity index (χ1n) is 7.46. The van der Waals surface area contributed by atoms with Crippen molar-refractivity contribution in [2.75, 3.05) is 0 Å². The summed E-state index contributed by atoms with van der Waals surface area (Å²) in [6.45, 7) is 5.08. The monoisotopic (exact) mass is 299 g/mol. The summed E-state index contributed by atoms with van der Waals surface area (Å²) >= 11 is 1.78. The van der Waals surface area contributed by atoms with Gasteiger partial charge < -0.3 is 5.32 Å². The minimum Gasteiger partial charge on any atom is -0.310 e. The van der Waals surface area contributed by atoms with Crippen molar-refractivity contribution in [2.24, 2.45) is 0 Å². The number of thioether (sulfide) groups is 1. The van der Waals surface area contributed by atoms with Gasteiger partial charge in [0.15, 0.2) is 0 Å². The highest BCUT2D eigenvalue weighted by Gasteiger charge is 2.21. The number of nitrogens with one attached hydrogen (secondary N) is 1. The molecule has 1 aliphatic carbocycles. The average Bonchev–Trinajstić information content (AvgIpc) is 3.29. The standard InChI is InChI=1S/C17H21N3S/c1-12-16(10-18-14-8-9-14)13(2)20-17(19-12)11-21-15-6-4-3-5-7-15/h3-7,14,18H,8-11H2,1-2H3. The molecule has 0 radical (unpaired) electrons. The van der Waals surface area contributed by atoms with E-state index in [4.69, 9.17) is 0 Å². The molecule has 0 unspecified atom stereocenters. The number of hydrogen-bond donors (Lipinski definition) is 1. The quantitative estimate of drug-likeness (QED) is 0.826. The average molecular weight is 299 g/mol. The van der Waals surface area contributed by atoms with E-state index in [-0.39, 0.29) is 0 Å². The molecule has 1 saturated carbocycles. The molecule has 1 aromatic heterocycles. The van der Waals surface area contributed by atoms with E-state index in [1.807, 2.05) is 6.07 Å². The van der Waals surface area contributed by atoms with Crippen LogP contribution in [-0.4, -0.2) is 16.0 Å². The van der Waals surface area contributed by atoms with Crippen molar-refractivity contribution < 1.29 is 0 Å². The van der Waals surface area contributed by atoms with Gasteiger partial charge in [-0.05, 0) is 38.8 Å². The number of hydrogen-bond acceptors (Lipinski definition) is 4. The molecule has 110 valence electrons. The van der Waals surface area contributed by atoms with Crippen LogP contribution in [0.2, 0.25) is 0 Å². The van der Waals surface area contributed by atoms with Crippen LogP contribution in [0.5, 0.6) is 0 Å². The molecule has 3 nitrogen and oxygen atoms in total. The fourth-order valence-corrected chi connectivity index (χ4v) is 3.10. The first kappa shape index (κ1) is 14.5. The van der Waals surface area contributed by atoms with Gasteiger partial charge in [0.25, 0.3) is 0 Å². The molecule has 0 saturated heterocycles. The van der Waals surface area contributed by atoms with E-state index < -0.39 is 0 Å². The summed E-state index contributed by atoms with van der Waals surface area (Å²) in [7, 11) is 0. The normalized spacial score (nSPS) is 14.4. The molecule has 0 spiro atoms. The Labute approximate surface area is 130 Å². The third kappa shape index (κ3) is 4.05.